The third kappa shape index (κ3) is 7.44. The Bertz CT molecular complexity index is 908. The second-order valence-corrected chi connectivity index (χ2v) is 9.27. The number of benzene rings is 2. The molecule has 2 aromatic rings. The lowest BCUT2D eigenvalue weighted by Crippen LogP contribution is -2.53. The summed E-state index contributed by atoms with van der Waals surface area (Å²) >= 11 is 12.2. The van der Waals surface area contributed by atoms with E-state index in [1.54, 1.807) is 24.1 Å². The van der Waals surface area contributed by atoms with Crippen LogP contribution in [0.15, 0.2) is 42.5 Å². The molecule has 1 unspecified atom stereocenters. The molecular weight excluding hydrogens is 435 g/mol. The number of carbonyl (C=O) groups excluding carboxylic acids is 2. The Morgan fingerprint density at radius 1 is 1.03 bits per heavy atom. The first-order chi connectivity index (χ1) is 14.5. The molecule has 2 amide bonds. The van der Waals surface area contributed by atoms with Crippen LogP contribution >= 0.6 is 23.2 Å². The van der Waals surface area contributed by atoms with Crippen molar-refractivity contribution in [3.63, 3.8) is 0 Å². The highest BCUT2D eigenvalue weighted by atomic mass is 35.5. The van der Waals surface area contributed by atoms with E-state index in [-0.39, 0.29) is 24.8 Å². The van der Waals surface area contributed by atoms with Crippen LogP contribution in [0.25, 0.3) is 0 Å². The molecular formula is C24H30Cl2N2O3. The molecule has 0 bridgehead atoms. The van der Waals surface area contributed by atoms with Crippen LogP contribution in [0.4, 0.5) is 0 Å². The van der Waals surface area contributed by atoms with E-state index < -0.39 is 11.6 Å². The van der Waals surface area contributed by atoms with E-state index in [1.807, 2.05) is 58.0 Å². The van der Waals surface area contributed by atoms with Crippen molar-refractivity contribution < 1.29 is 14.3 Å². The number of rotatable bonds is 8. The summed E-state index contributed by atoms with van der Waals surface area (Å²) in [6.07, 6.45) is 0.655. The second-order valence-electron chi connectivity index (χ2n) is 8.46. The highest BCUT2D eigenvalue weighted by Crippen LogP contribution is 2.24. The van der Waals surface area contributed by atoms with Crippen molar-refractivity contribution in [1.29, 1.82) is 0 Å². The summed E-state index contributed by atoms with van der Waals surface area (Å²) in [7, 11) is 1.60. The van der Waals surface area contributed by atoms with E-state index in [9.17, 15) is 9.59 Å². The lowest BCUT2D eigenvalue weighted by Gasteiger charge is -2.33. The van der Waals surface area contributed by atoms with Gasteiger partial charge in [-0.1, -0.05) is 48.3 Å². The average molecular weight is 465 g/mol. The van der Waals surface area contributed by atoms with Crippen molar-refractivity contribution >= 4 is 35.0 Å². The van der Waals surface area contributed by atoms with Gasteiger partial charge in [0.25, 0.3) is 0 Å². The van der Waals surface area contributed by atoms with Crippen LogP contribution in [0.5, 0.6) is 5.75 Å². The monoisotopic (exact) mass is 464 g/mol. The molecule has 7 heteroatoms. The minimum Gasteiger partial charge on any atom is -0.497 e. The third-order valence-corrected chi connectivity index (χ3v) is 5.47. The fraction of sp³-hybridized carbons (Fsp3) is 0.417. The molecule has 0 aromatic heterocycles. The summed E-state index contributed by atoms with van der Waals surface area (Å²) in [6.45, 7) is 7.90. The minimum atomic E-state index is -0.612. The maximum Gasteiger partial charge on any atom is 0.243 e. The van der Waals surface area contributed by atoms with Crippen molar-refractivity contribution in [2.24, 2.45) is 0 Å². The van der Waals surface area contributed by atoms with E-state index in [4.69, 9.17) is 27.9 Å². The smallest absolute Gasteiger partial charge is 0.243 e. The van der Waals surface area contributed by atoms with Crippen LogP contribution in [-0.2, 0) is 22.6 Å². The topological polar surface area (TPSA) is 58.6 Å². The first kappa shape index (κ1) is 25.0. The number of hydrogen-bond donors (Lipinski definition) is 1. The van der Waals surface area contributed by atoms with E-state index in [2.05, 4.69) is 5.32 Å². The molecule has 2 aromatic carbocycles. The fourth-order valence-electron chi connectivity index (χ4n) is 3.23. The van der Waals surface area contributed by atoms with Crippen molar-refractivity contribution in [2.45, 2.75) is 58.7 Å². The zero-order valence-electron chi connectivity index (χ0n) is 18.7. The maximum atomic E-state index is 13.3. The van der Waals surface area contributed by atoms with E-state index in [1.165, 1.54) is 0 Å². The summed E-state index contributed by atoms with van der Waals surface area (Å²) < 4.78 is 5.18. The number of halogens is 2. The number of methoxy groups -OCH3 is 1. The van der Waals surface area contributed by atoms with Gasteiger partial charge in [-0.3, -0.25) is 9.59 Å². The lowest BCUT2D eigenvalue weighted by atomic mass is 10.0. The molecule has 31 heavy (non-hydrogen) atoms. The van der Waals surface area contributed by atoms with Crippen LogP contribution < -0.4 is 10.1 Å². The summed E-state index contributed by atoms with van der Waals surface area (Å²) in [5.41, 5.74) is 1.24. The maximum absolute atomic E-state index is 13.3. The Hall–Kier alpha value is -2.24. The minimum absolute atomic E-state index is 0.146. The van der Waals surface area contributed by atoms with Crippen molar-refractivity contribution in [2.75, 3.05) is 7.11 Å². The average Bonchev–Trinajstić information content (AvgIpc) is 2.69. The molecule has 1 atom stereocenters. The summed E-state index contributed by atoms with van der Waals surface area (Å²) in [4.78, 5) is 28.0. The molecule has 0 aliphatic heterocycles. The van der Waals surface area contributed by atoms with E-state index >= 15 is 0 Å². The first-order valence-corrected chi connectivity index (χ1v) is 11.0. The zero-order chi connectivity index (χ0) is 23.2. The van der Waals surface area contributed by atoms with Gasteiger partial charge in [-0.25, -0.2) is 0 Å². The van der Waals surface area contributed by atoms with Crippen LogP contribution in [0.1, 0.15) is 45.2 Å². The van der Waals surface area contributed by atoms with Gasteiger partial charge in [0, 0.05) is 12.1 Å². The van der Waals surface area contributed by atoms with Gasteiger partial charge in [0.15, 0.2) is 0 Å². The van der Waals surface area contributed by atoms with Crippen LogP contribution in [-0.4, -0.2) is 35.4 Å². The Kier molecular flexibility index (Phi) is 8.78. The molecule has 0 saturated heterocycles. The lowest BCUT2D eigenvalue weighted by molar-refractivity contribution is -0.141. The van der Waals surface area contributed by atoms with Gasteiger partial charge in [0.1, 0.15) is 11.8 Å². The molecule has 1 N–H and O–H groups in total. The van der Waals surface area contributed by atoms with Gasteiger partial charge in [-0.2, -0.15) is 0 Å². The molecule has 0 saturated carbocycles. The normalized spacial score (nSPS) is 12.2. The van der Waals surface area contributed by atoms with Gasteiger partial charge in [0.2, 0.25) is 11.8 Å². The van der Waals surface area contributed by atoms with Crippen molar-refractivity contribution in [3.05, 3.63) is 63.6 Å². The molecule has 0 heterocycles. The number of nitrogens with zero attached hydrogens (tertiary/aromatic N) is 1. The number of ether oxygens (including phenoxy) is 1. The Morgan fingerprint density at radius 3 is 2.16 bits per heavy atom. The molecule has 0 radical (unpaired) electrons. The number of carbonyl (C=O) groups is 2. The molecule has 0 aliphatic rings. The first-order valence-electron chi connectivity index (χ1n) is 10.2. The highest BCUT2D eigenvalue weighted by Gasteiger charge is 2.30. The predicted octanol–water partition coefficient (Wildman–Crippen LogP) is 5.27. The molecule has 168 valence electrons. The molecule has 0 spiro atoms. The standard InChI is InChI=1S/C24H30Cl2N2O3/c1-6-21(23(30)27-24(2,3)4)28(15-17-9-12-19(25)20(26)13-17)22(29)14-16-7-10-18(31-5)11-8-16/h7-13,21H,6,14-15H2,1-5H3,(H,27,30). The molecule has 0 aliphatic carbocycles. The van der Waals surface area contributed by atoms with E-state index in [0.717, 1.165) is 16.9 Å². The van der Waals surface area contributed by atoms with Gasteiger partial charge in [-0.05, 0) is 62.6 Å². The van der Waals surface area contributed by atoms with E-state index in [0.29, 0.717) is 16.5 Å². The summed E-state index contributed by atoms with van der Waals surface area (Å²) in [5.74, 6) is 0.394. The molecule has 0 fully saturated rings. The van der Waals surface area contributed by atoms with Gasteiger partial charge in [0.05, 0.1) is 23.6 Å². The summed E-state index contributed by atoms with van der Waals surface area (Å²) in [6, 6.07) is 12.0. The largest absolute Gasteiger partial charge is 0.497 e. The summed E-state index contributed by atoms with van der Waals surface area (Å²) in [5, 5.41) is 3.85. The quantitative estimate of drug-likeness (QED) is 0.578. The Labute approximate surface area is 194 Å². The third-order valence-electron chi connectivity index (χ3n) is 4.74. The SMILES string of the molecule is CCC(C(=O)NC(C)(C)C)N(Cc1ccc(Cl)c(Cl)c1)C(=O)Cc1ccc(OC)cc1. The Balaban J connectivity index is 2.32. The molecule has 2 rings (SSSR count). The fourth-order valence-corrected chi connectivity index (χ4v) is 3.55. The van der Waals surface area contributed by atoms with Crippen LogP contribution in [0, 0.1) is 0 Å². The van der Waals surface area contributed by atoms with Gasteiger partial charge < -0.3 is 15.0 Å². The van der Waals surface area contributed by atoms with Crippen LogP contribution in [0.3, 0.4) is 0 Å². The van der Waals surface area contributed by atoms with Crippen LogP contribution in [0.2, 0.25) is 10.0 Å². The van der Waals surface area contributed by atoms with Gasteiger partial charge >= 0.3 is 0 Å². The Morgan fingerprint density at radius 2 is 1.65 bits per heavy atom. The molecule has 5 nitrogen and oxygen atoms in total. The van der Waals surface area contributed by atoms with Crippen molar-refractivity contribution in [3.8, 4) is 5.75 Å². The number of nitrogens with one attached hydrogen (secondary N) is 1. The number of hydrogen-bond acceptors (Lipinski definition) is 3. The van der Waals surface area contributed by atoms with Crippen molar-refractivity contribution in [1.82, 2.24) is 10.2 Å². The van der Waals surface area contributed by atoms with Gasteiger partial charge in [-0.15, -0.1) is 0 Å². The number of amides is 2. The zero-order valence-corrected chi connectivity index (χ0v) is 20.2. The second kappa shape index (κ2) is 10.9. The predicted molar refractivity (Wildman–Crippen MR) is 126 cm³/mol. The highest BCUT2D eigenvalue weighted by molar-refractivity contribution is 6.42.